The van der Waals surface area contributed by atoms with Crippen molar-refractivity contribution < 1.29 is 13.9 Å². The molecule has 106 valence electrons. The molecular weight excluding hydrogens is 260 g/mol. The molecule has 1 unspecified atom stereocenters. The third kappa shape index (κ3) is 3.54. The van der Waals surface area contributed by atoms with Crippen LogP contribution in [-0.2, 0) is 6.42 Å². The van der Waals surface area contributed by atoms with Crippen LogP contribution in [0.25, 0.3) is 0 Å². The van der Waals surface area contributed by atoms with E-state index in [9.17, 15) is 13.9 Å². The number of phenolic OH excluding ortho intramolecular Hbond substituents is 1. The van der Waals surface area contributed by atoms with Gasteiger partial charge in [0.15, 0.2) is 0 Å². The largest absolute Gasteiger partial charge is 0.508 e. The van der Waals surface area contributed by atoms with E-state index in [-0.39, 0.29) is 11.8 Å². The molecule has 2 N–H and O–H groups in total. The maximum absolute atomic E-state index is 13.9. The summed E-state index contributed by atoms with van der Waals surface area (Å²) in [5.41, 5.74) is 1.32. The molecule has 2 aromatic rings. The molecule has 0 spiro atoms. The standard InChI is InChI=1S/C16H17F2NO/c1-2-19-16(9-11-4-3-5-13(20)8-11)14-7-6-12(17)10-15(14)18/h3-8,10,16,19-20H,2,9H2,1H3. The van der Waals surface area contributed by atoms with Crippen molar-refractivity contribution in [2.45, 2.75) is 19.4 Å². The minimum Gasteiger partial charge on any atom is -0.508 e. The zero-order valence-electron chi connectivity index (χ0n) is 11.2. The lowest BCUT2D eigenvalue weighted by Gasteiger charge is -2.19. The van der Waals surface area contributed by atoms with Crippen molar-refractivity contribution in [2.75, 3.05) is 6.54 Å². The smallest absolute Gasteiger partial charge is 0.130 e. The fourth-order valence-electron chi connectivity index (χ4n) is 2.24. The van der Waals surface area contributed by atoms with Crippen LogP contribution in [-0.4, -0.2) is 11.7 Å². The molecule has 0 aliphatic carbocycles. The molecule has 4 heteroatoms. The summed E-state index contributed by atoms with van der Waals surface area (Å²) in [7, 11) is 0. The quantitative estimate of drug-likeness (QED) is 0.875. The van der Waals surface area contributed by atoms with Crippen LogP contribution in [0.5, 0.6) is 5.75 Å². The highest BCUT2D eigenvalue weighted by Crippen LogP contribution is 2.23. The van der Waals surface area contributed by atoms with E-state index in [1.807, 2.05) is 13.0 Å². The van der Waals surface area contributed by atoms with Crippen molar-refractivity contribution in [3.05, 3.63) is 65.2 Å². The topological polar surface area (TPSA) is 32.3 Å². The van der Waals surface area contributed by atoms with Gasteiger partial charge < -0.3 is 10.4 Å². The highest BCUT2D eigenvalue weighted by Gasteiger charge is 2.16. The molecule has 0 saturated heterocycles. The van der Waals surface area contributed by atoms with Gasteiger partial charge in [-0.1, -0.05) is 25.1 Å². The van der Waals surface area contributed by atoms with Gasteiger partial charge in [-0.2, -0.15) is 0 Å². The predicted octanol–water partition coefficient (Wildman–Crippen LogP) is 3.56. The van der Waals surface area contributed by atoms with Gasteiger partial charge in [0.1, 0.15) is 17.4 Å². The Morgan fingerprint density at radius 3 is 2.60 bits per heavy atom. The molecular formula is C16H17F2NO. The lowest BCUT2D eigenvalue weighted by molar-refractivity contribution is 0.472. The lowest BCUT2D eigenvalue weighted by atomic mass is 9.98. The van der Waals surface area contributed by atoms with Gasteiger partial charge in [0.05, 0.1) is 0 Å². The number of hydrogen-bond acceptors (Lipinski definition) is 2. The number of hydrogen-bond donors (Lipinski definition) is 2. The van der Waals surface area contributed by atoms with Crippen LogP contribution in [0.3, 0.4) is 0 Å². The Labute approximate surface area is 117 Å². The number of likely N-dealkylation sites (N-methyl/N-ethyl adjacent to an activating group) is 1. The molecule has 0 heterocycles. The molecule has 0 aliphatic rings. The summed E-state index contributed by atoms with van der Waals surface area (Å²) < 4.78 is 26.9. The van der Waals surface area contributed by atoms with Crippen LogP contribution < -0.4 is 5.32 Å². The molecule has 2 nitrogen and oxygen atoms in total. The van der Waals surface area contributed by atoms with Crippen LogP contribution in [0.15, 0.2) is 42.5 Å². The molecule has 1 atom stereocenters. The highest BCUT2D eigenvalue weighted by atomic mass is 19.1. The van der Waals surface area contributed by atoms with Gasteiger partial charge >= 0.3 is 0 Å². The van der Waals surface area contributed by atoms with Gasteiger partial charge in [0.2, 0.25) is 0 Å². The Morgan fingerprint density at radius 2 is 1.95 bits per heavy atom. The average Bonchev–Trinajstić information content (AvgIpc) is 2.38. The Balaban J connectivity index is 2.26. The number of rotatable bonds is 5. The predicted molar refractivity (Wildman–Crippen MR) is 74.6 cm³/mol. The Bertz CT molecular complexity index is 586. The lowest BCUT2D eigenvalue weighted by Crippen LogP contribution is -2.24. The van der Waals surface area contributed by atoms with E-state index in [2.05, 4.69) is 5.32 Å². The van der Waals surface area contributed by atoms with Crippen LogP contribution in [0, 0.1) is 11.6 Å². The number of aromatic hydroxyl groups is 1. The first kappa shape index (κ1) is 14.5. The van der Waals surface area contributed by atoms with Gasteiger partial charge in [-0.25, -0.2) is 8.78 Å². The van der Waals surface area contributed by atoms with E-state index in [4.69, 9.17) is 0 Å². The van der Waals surface area contributed by atoms with Crippen molar-refractivity contribution in [1.29, 1.82) is 0 Å². The molecule has 0 bridgehead atoms. The second-order valence-corrected chi connectivity index (χ2v) is 4.65. The third-order valence-corrected chi connectivity index (χ3v) is 3.14. The van der Waals surface area contributed by atoms with Crippen molar-refractivity contribution >= 4 is 0 Å². The van der Waals surface area contributed by atoms with Gasteiger partial charge in [0, 0.05) is 17.7 Å². The van der Waals surface area contributed by atoms with Crippen molar-refractivity contribution in [2.24, 2.45) is 0 Å². The van der Waals surface area contributed by atoms with Gasteiger partial charge in [0.25, 0.3) is 0 Å². The Morgan fingerprint density at radius 1 is 1.15 bits per heavy atom. The molecule has 0 fully saturated rings. The molecule has 0 aliphatic heterocycles. The van der Waals surface area contributed by atoms with E-state index in [0.29, 0.717) is 18.5 Å². The molecule has 0 amide bonds. The normalized spacial score (nSPS) is 12.3. The SMILES string of the molecule is CCNC(Cc1cccc(O)c1)c1ccc(F)cc1F. The van der Waals surface area contributed by atoms with Crippen molar-refractivity contribution in [3.63, 3.8) is 0 Å². The molecule has 2 rings (SSSR count). The second-order valence-electron chi connectivity index (χ2n) is 4.65. The number of halogens is 2. The van der Waals surface area contributed by atoms with Gasteiger partial charge in [-0.15, -0.1) is 0 Å². The minimum atomic E-state index is -0.584. The first-order chi connectivity index (χ1) is 9.60. The van der Waals surface area contributed by atoms with Crippen LogP contribution >= 0.6 is 0 Å². The summed E-state index contributed by atoms with van der Waals surface area (Å²) in [5.74, 6) is -0.965. The van der Waals surface area contributed by atoms with Crippen LogP contribution in [0.1, 0.15) is 24.1 Å². The van der Waals surface area contributed by atoms with E-state index < -0.39 is 11.6 Å². The molecule has 0 aromatic heterocycles. The maximum Gasteiger partial charge on any atom is 0.130 e. The number of benzene rings is 2. The fraction of sp³-hybridized carbons (Fsp3) is 0.250. The van der Waals surface area contributed by atoms with Gasteiger partial charge in [-0.05, 0) is 36.7 Å². The summed E-state index contributed by atoms with van der Waals surface area (Å²) >= 11 is 0. The van der Waals surface area contributed by atoms with E-state index in [1.165, 1.54) is 12.1 Å². The Kier molecular flexibility index (Phi) is 4.69. The second kappa shape index (κ2) is 6.48. The van der Waals surface area contributed by atoms with Crippen molar-refractivity contribution in [3.8, 4) is 5.75 Å². The number of phenols is 1. The Hall–Kier alpha value is -1.94. The molecule has 20 heavy (non-hydrogen) atoms. The van der Waals surface area contributed by atoms with Crippen LogP contribution in [0.2, 0.25) is 0 Å². The van der Waals surface area contributed by atoms with Gasteiger partial charge in [-0.3, -0.25) is 0 Å². The summed E-state index contributed by atoms with van der Waals surface area (Å²) in [6.45, 7) is 2.59. The highest BCUT2D eigenvalue weighted by molar-refractivity contribution is 5.30. The average molecular weight is 277 g/mol. The van der Waals surface area contributed by atoms with E-state index in [0.717, 1.165) is 11.6 Å². The monoisotopic (exact) mass is 277 g/mol. The maximum atomic E-state index is 13.9. The fourth-order valence-corrected chi connectivity index (χ4v) is 2.24. The first-order valence-electron chi connectivity index (χ1n) is 6.56. The summed E-state index contributed by atoms with van der Waals surface area (Å²) in [6.07, 6.45) is 0.519. The minimum absolute atomic E-state index is 0.178. The van der Waals surface area contributed by atoms with E-state index in [1.54, 1.807) is 18.2 Å². The third-order valence-electron chi connectivity index (χ3n) is 3.14. The van der Waals surface area contributed by atoms with Crippen molar-refractivity contribution in [1.82, 2.24) is 5.32 Å². The zero-order chi connectivity index (χ0) is 14.5. The molecule has 0 saturated carbocycles. The van der Waals surface area contributed by atoms with Crippen LogP contribution in [0.4, 0.5) is 8.78 Å². The molecule has 0 radical (unpaired) electrons. The summed E-state index contributed by atoms with van der Waals surface area (Å²) in [4.78, 5) is 0. The first-order valence-corrected chi connectivity index (χ1v) is 6.56. The molecule has 2 aromatic carbocycles. The number of nitrogens with one attached hydrogen (secondary N) is 1. The summed E-state index contributed by atoms with van der Waals surface area (Å²) in [6, 6.07) is 10.2. The zero-order valence-corrected chi connectivity index (χ0v) is 11.2. The summed E-state index contributed by atoms with van der Waals surface area (Å²) in [5, 5.41) is 12.7. The van der Waals surface area contributed by atoms with E-state index >= 15 is 0 Å².